The molecule has 0 bridgehead atoms. The van der Waals surface area contributed by atoms with Crippen LogP contribution >= 0.6 is 11.6 Å². The number of urea groups is 1. The van der Waals surface area contributed by atoms with Crippen LogP contribution < -0.4 is 10.1 Å². The summed E-state index contributed by atoms with van der Waals surface area (Å²) in [5.41, 5.74) is 0.687. The number of ether oxygens (including phenoxy) is 1. The number of nitrogens with one attached hydrogen (secondary N) is 1. The molecule has 3 rings (SSSR count). The van der Waals surface area contributed by atoms with E-state index in [-0.39, 0.29) is 18.7 Å². The highest BCUT2D eigenvalue weighted by atomic mass is 35.5. The van der Waals surface area contributed by atoms with Gasteiger partial charge in [-0.25, -0.2) is 9.18 Å². The number of pyridine rings is 1. The predicted molar refractivity (Wildman–Crippen MR) is 93.1 cm³/mol. The van der Waals surface area contributed by atoms with Crippen molar-refractivity contribution >= 4 is 17.6 Å². The lowest BCUT2D eigenvalue weighted by atomic mass is 10.1. The molecule has 0 atom stereocenters. The number of nitrogens with zero attached hydrogens (tertiary/aromatic N) is 2. The molecular formula is C18H19ClFN3O2. The molecule has 0 aliphatic carbocycles. The second-order valence-corrected chi connectivity index (χ2v) is 6.29. The number of likely N-dealkylation sites (tertiary alicyclic amines) is 1. The Labute approximate surface area is 150 Å². The van der Waals surface area contributed by atoms with E-state index in [2.05, 4.69) is 10.3 Å². The van der Waals surface area contributed by atoms with Gasteiger partial charge in [0.1, 0.15) is 17.7 Å². The van der Waals surface area contributed by atoms with Crippen LogP contribution in [0.3, 0.4) is 0 Å². The smallest absolute Gasteiger partial charge is 0.317 e. The Morgan fingerprint density at radius 2 is 2.00 bits per heavy atom. The van der Waals surface area contributed by atoms with E-state index in [0.717, 1.165) is 18.6 Å². The van der Waals surface area contributed by atoms with E-state index in [4.69, 9.17) is 16.3 Å². The van der Waals surface area contributed by atoms with Crippen LogP contribution in [-0.2, 0) is 6.54 Å². The molecule has 132 valence electrons. The molecule has 7 heteroatoms. The van der Waals surface area contributed by atoms with Gasteiger partial charge in [-0.15, -0.1) is 0 Å². The molecule has 0 radical (unpaired) electrons. The van der Waals surface area contributed by atoms with Crippen molar-refractivity contribution in [2.75, 3.05) is 13.1 Å². The maximum Gasteiger partial charge on any atom is 0.317 e. The largest absolute Gasteiger partial charge is 0.490 e. The van der Waals surface area contributed by atoms with Crippen molar-refractivity contribution in [2.24, 2.45) is 0 Å². The van der Waals surface area contributed by atoms with Crippen molar-refractivity contribution in [3.8, 4) is 5.75 Å². The van der Waals surface area contributed by atoms with Crippen LogP contribution in [0.4, 0.5) is 9.18 Å². The van der Waals surface area contributed by atoms with Crippen LogP contribution in [0.1, 0.15) is 18.4 Å². The molecule has 1 saturated heterocycles. The highest BCUT2D eigenvalue weighted by molar-refractivity contribution is 6.31. The van der Waals surface area contributed by atoms with Gasteiger partial charge in [0.25, 0.3) is 0 Å². The summed E-state index contributed by atoms with van der Waals surface area (Å²) >= 11 is 5.97. The molecule has 0 saturated carbocycles. The first-order valence-electron chi connectivity index (χ1n) is 8.15. The van der Waals surface area contributed by atoms with Crippen LogP contribution in [0, 0.1) is 5.82 Å². The third-order valence-corrected chi connectivity index (χ3v) is 4.48. The Morgan fingerprint density at radius 3 is 2.68 bits per heavy atom. The normalized spacial score (nSPS) is 15.0. The van der Waals surface area contributed by atoms with E-state index in [1.165, 1.54) is 12.1 Å². The van der Waals surface area contributed by atoms with E-state index in [1.807, 2.05) is 12.1 Å². The standard InChI is InChI=1S/C18H19ClFN3O2/c19-17-11-14(20)2-1-13(17)12-22-18(24)23-9-5-16(6-10-23)25-15-3-7-21-8-4-15/h1-4,7-8,11,16H,5-6,9-10,12H2,(H,22,24). The molecule has 0 spiro atoms. The molecule has 1 aliphatic rings. The fourth-order valence-corrected chi connectivity index (χ4v) is 2.97. The van der Waals surface area contributed by atoms with Gasteiger partial charge in [0.2, 0.25) is 0 Å². The molecule has 0 unspecified atom stereocenters. The molecule has 1 aliphatic heterocycles. The van der Waals surface area contributed by atoms with E-state index in [1.54, 1.807) is 23.4 Å². The number of rotatable bonds is 4. The molecule has 2 heterocycles. The van der Waals surface area contributed by atoms with Crippen molar-refractivity contribution < 1.29 is 13.9 Å². The number of carbonyl (C=O) groups excluding carboxylic acids is 1. The van der Waals surface area contributed by atoms with Gasteiger partial charge in [-0.2, -0.15) is 0 Å². The minimum atomic E-state index is -0.392. The van der Waals surface area contributed by atoms with Gasteiger partial charge in [0.05, 0.1) is 0 Å². The van der Waals surface area contributed by atoms with E-state index in [9.17, 15) is 9.18 Å². The summed E-state index contributed by atoms with van der Waals surface area (Å²) < 4.78 is 18.9. The van der Waals surface area contributed by atoms with E-state index < -0.39 is 5.82 Å². The highest BCUT2D eigenvalue weighted by Gasteiger charge is 2.23. The first kappa shape index (κ1) is 17.5. The lowest BCUT2D eigenvalue weighted by Crippen LogP contribution is -2.46. The second-order valence-electron chi connectivity index (χ2n) is 5.88. The summed E-state index contributed by atoms with van der Waals surface area (Å²) in [4.78, 5) is 18.0. The number of piperidine rings is 1. The maximum absolute atomic E-state index is 13.0. The molecule has 25 heavy (non-hydrogen) atoms. The zero-order valence-electron chi connectivity index (χ0n) is 13.6. The zero-order chi connectivity index (χ0) is 17.6. The van der Waals surface area contributed by atoms with Crippen LogP contribution in [-0.4, -0.2) is 35.1 Å². The Bertz CT molecular complexity index is 722. The minimum Gasteiger partial charge on any atom is -0.490 e. The molecule has 2 amide bonds. The topological polar surface area (TPSA) is 54.5 Å². The zero-order valence-corrected chi connectivity index (χ0v) is 14.4. The third-order valence-electron chi connectivity index (χ3n) is 4.13. The van der Waals surface area contributed by atoms with Crippen LogP contribution in [0.25, 0.3) is 0 Å². The average molecular weight is 364 g/mol. The van der Waals surface area contributed by atoms with Crippen LogP contribution in [0.15, 0.2) is 42.7 Å². The highest BCUT2D eigenvalue weighted by Crippen LogP contribution is 2.19. The number of hydrogen-bond donors (Lipinski definition) is 1. The van der Waals surface area contributed by atoms with Crippen molar-refractivity contribution in [3.63, 3.8) is 0 Å². The average Bonchev–Trinajstić information content (AvgIpc) is 2.62. The molecular weight excluding hydrogens is 345 g/mol. The minimum absolute atomic E-state index is 0.0954. The Kier molecular flexibility index (Phi) is 5.71. The second kappa shape index (κ2) is 8.16. The monoisotopic (exact) mass is 363 g/mol. The van der Waals surface area contributed by atoms with Gasteiger partial charge in [-0.05, 0) is 29.8 Å². The SMILES string of the molecule is O=C(NCc1ccc(F)cc1Cl)N1CCC(Oc2ccncc2)CC1. The van der Waals surface area contributed by atoms with E-state index >= 15 is 0 Å². The number of halogens is 2. The Hall–Kier alpha value is -2.34. The summed E-state index contributed by atoms with van der Waals surface area (Å²) in [6.07, 6.45) is 5.02. The first-order chi connectivity index (χ1) is 12.1. The van der Waals surface area contributed by atoms with Gasteiger partial charge >= 0.3 is 6.03 Å². The maximum atomic E-state index is 13.0. The molecule has 1 aromatic carbocycles. The molecule has 1 fully saturated rings. The third kappa shape index (κ3) is 4.82. The van der Waals surface area contributed by atoms with Gasteiger partial charge in [0, 0.05) is 49.9 Å². The van der Waals surface area contributed by atoms with E-state index in [0.29, 0.717) is 23.7 Å². The summed E-state index contributed by atoms with van der Waals surface area (Å²) in [6.45, 7) is 1.52. The van der Waals surface area contributed by atoms with Crippen molar-refractivity contribution in [1.82, 2.24) is 15.2 Å². The lowest BCUT2D eigenvalue weighted by molar-refractivity contribution is 0.111. The summed E-state index contributed by atoms with van der Waals surface area (Å²) in [7, 11) is 0. The molecule has 1 aromatic heterocycles. The molecule has 5 nitrogen and oxygen atoms in total. The summed E-state index contributed by atoms with van der Waals surface area (Å²) in [6, 6.07) is 7.65. The Balaban J connectivity index is 1.45. The molecule has 1 N–H and O–H groups in total. The van der Waals surface area contributed by atoms with Gasteiger partial charge in [-0.3, -0.25) is 4.98 Å². The number of amides is 2. The van der Waals surface area contributed by atoms with Crippen LogP contribution in [0.5, 0.6) is 5.75 Å². The summed E-state index contributed by atoms with van der Waals surface area (Å²) in [5, 5.41) is 3.13. The number of aromatic nitrogens is 1. The lowest BCUT2D eigenvalue weighted by Gasteiger charge is -2.32. The quantitative estimate of drug-likeness (QED) is 0.902. The van der Waals surface area contributed by atoms with Gasteiger partial charge in [0.15, 0.2) is 0 Å². The molecule has 2 aromatic rings. The van der Waals surface area contributed by atoms with Gasteiger partial charge < -0.3 is 15.0 Å². The number of benzene rings is 1. The van der Waals surface area contributed by atoms with Crippen molar-refractivity contribution in [1.29, 1.82) is 0 Å². The Morgan fingerprint density at radius 1 is 1.28 bits per heavy atom. The number of hydrogen-bond acceptors (Lipinski definition) is 3. The first-order valence-corrected chi connectivity index (χ1v) is 8.53. The van der Waals surface area contributed by atoms with Gasteiger partial charge in [-0.1, -0.05) is 17.7 Å². The van der Waals surface area contributed by atoms with Crippen molar-refractivity contribution in [2.45, 2.75) is 25.5 Å². The predicted octanol–water partition coefficient (Wildman–Crippen LogP) is 3.63. The number of carbonyl (C=O) groups is 1. The fourth-order valence-electron chi connectivity index (χ4n) is 2.73. The van der Waals surface area contributed by atoms with Crippen LogP contribution in [0.2, 0.25) is 5.02 Å². The van der Waals surface area contributed by atoms with Crippen molar-refractivity contribution in [3.05, 3.63) is 59.1 Å². The fraction of sp³-hybridized carbons (Fsp3) is 0.333. The summed E-state index contributed by atoms with van der Waals surface area (Å²) in [5.74, 6) is 0.403.